The first kappa shape index (κ1) is 11.1. The van der Waals surface area contributed by atoms with Gasteiger partial charge in [0, 0.05) is 17.3 Å². The van der Waals surface area contributed by atoms with Crippen molar-refractivity contribution in [2.75, 3.05) is 20.0 Å². The normalized spacial score (nSPS) is 10.3. The lowest BCUT2D eigenvalue weighted by atomic mass is 10.1. The van der Waals surface area contributed by atoms with E-state index in [1.807, 2.05) is 0 Å². The van der Waals surface area contributed by atoms with Crippen LogP contribution < -0.4 is 10.5 Å². The number of benzene rings is 1. The van der Waals surface area contributed by atoms with Crippen LogP contribution in [0.5, 0.6) is 5.75 Å². The van der Waals surface area contributed by atoms with Crippen LogP contribution in [0.2, 0.25) is 0 Å². The van der Waals surface area contributed by atoms with Gasteiger partial charge in [0.05, 0.1) is 14.2 Å². The van der Waals surface area contributed by atoms with Crippen LogP contribution in [0.1, 0.15) is 5.56 Å². The van der Waals surface area contributed by atoms with Crippen molar-refractivity contribution in [2.24, 2.45) is 0 Å². The molecule has 80 valence electrons. The van der Waals surface area contributed by atoms with Gasteiger partial charge in [-0.05, 0) is 24.3 Å². The Labute approximate surface area is 88.3 Å². The van der Waals surface area contributed by atoms with Gasteiger partial charge in [0.2, 0.25) is 0 Å². The van der Waals surface area contributed by atoms with Crippen LogP contribution in [0, 0.1) is 0 Å². The van der Waals surface area contributed by atoms with E-state index in [1.165, 1.54) is 13.2 Å². The predicted octanol–water partition coefficient (Wildman–Crippen LogP) is 1.46. The summed E-state index contributed by atoms with van der Waals surface area (Å²) in [7, 11) is 2.88. The van der Waals surface area contributed by atoms with E-state index >= 15 is 0 Å². The van der Waals surface area contributed by atoms with E-state index in [0.717, 1.165) is 5.56 Å². The Morgan fingerprint density at radius 3 is 2.73 bits per heavy atom. The highest BCUT2D eigenvalue weighted by molar-refractivity contribution is 5.87. The Morgan fingerprint density at radius 2 is 2.13 bits per heavy atom. The van der Waals surface area contributed by atoms with Crippen LogP contribution in [0.3, 0.4) is 0 Å². The summed E-state index contributed by atoms with van der Waals surface area (Å²) in [6, 6.07) is 5.19. The molecule has 0 aliphatic heterocycles. The second kappa shape index (κ2) is 5.05. The maximum Gasteiger partial charge on any atom is 0.330 e. The number of nitrogens with two attached hydrogens (primary N) is 1. The van der Waals surface area contributed by atoms with Crippen LogP contribution in [0.25, 0.3) is 6.08 Å². The number of esters is 1. The number of rotatable bonds is 3. The van der Waals surface area contributed by atoms with Crippen molar-refractivity contribution in [2.45, 2.75) is 0 Å². The molecule has 0 aromatic heterocycles. The minimum Gasteiger partial charge on any atom is -0.496 e. The van der Waals surface area contributed by atoms with Gasteiger partial charge >= 0.3 is 5.97 Å². The van der Waals surface area contributed by atoms with E-state index in [9.17, 15) is 4.79 Å². The zero-order chi connectivity index (χ0) is 11.3. The first-order chi connectivity index (χ1) is 7.17. The Bertz CT molecular complexity index is 385. The number of hydrogen-bond acceptors (Lipinski definition) is 4. The molecule has 0 atom stereocenters. The van der Waals surface area contributed by atoms with E-state index in [4.69, 9.17) is 10.5 Å². The van der Waals surface area contributed by atoms with E-state index in [1.54, 1.807) is 31.4 Å². The molecule has 1 aromatic rings. The molecule has 0 saturated carbocycles. The standard InChI is InChI=1S/C11H13NO3/c1-14-10-5-4-9(12)7-8(10)3-6-11(13)15-2/h3-7H,12H2,1-2H3. The maximum atomic E-state index is 10.9. The van der Waals surface area contributed by atoms with Gasteiger partial charge in [-0.3, -0.25) is 0 Å². The third-order valence-corrected chi connectivity index (χ3v) is 1.85. The third kappa shape index (κ3) is 3.02. The summed E-state index contributed by atoms with van der Waals surface area (Å²) >= 11 is 0. The minimum atomic E-state index is -0.417. The van der Waals surface area contributed by atoms with Gasteiger partial charge in [-0.15, -0.1) is 0 Å². The molecule has 4 nitrogen and oxygen atoms in total. The molecule has 1 aromatic carbocycles. The number of methoxy groups -OCH3 is 2. The van der Waals surface area contributed by atoms with E-state index < -0.39 is 5.97 Å². The number of ether oxygens (including phenoxy) is 2. The largest absolute Gasteiger partial charge is 0.496 e. The highest BCUT2D eigenvalue weighted by atomic mass is 16.5. The molecule has 15 heavy (non-hydrogen) atoms. The van der Waals surface area contributed by atoms with Crippen LogP contribution >= 0.6 is 0 Å². The van der Waals surface area contributed by atoms with Crippen molar-refractivity contribution in [1.82, 2.24) is 0 Å². The lowest BCUT2D eigenvalue weighted by Gasteiger charge is -2.04. The average Bonchev–Trinajstić information content (AvgIpc) is 2.26. The summed E-state index contributed by atoms with van der Waals surface area (Å²) in [6.07, 6.45) is 2.92. The fourth-order valence-corrected chi connectivity index (χ4v) is 1.11. The molecular weight excluding hydrogens is 194 g/mol. The number of carbonyl (C=O) groups excluding carboxylic acids is 1. The number of carbonyl (C=O) groups is 1. The molecule has 0 spiro atoms. The molecule has 0 amide bonds. The Kier molecular flexibility index (Phi) is 3.74. The van der Waals surface area contributed by atoms with Crippen molar-refractivity contribution >= 4 is 17.7 Å². The Morgan fingerprint density at radius 1 is 1.40 bits per heavy atom. The smallest absolute Gasteiger partial charge is 0.330 e. The first-order valence-corrected chi connectivity index (χ1v) is 4.37. The lowest BCUT2D eigenvalue weighted by molar-refractivity contribution is -0.134. The summed E-state index contributed by atoms with van der Waals surface area (Å²) in [5.74, 6) is 0.240. The maximum absolute atomic E-state index is 10.9. The van der Waals surface area contributed by atoms with Gasteiger partial charge in [-0.2, -0.15) is 0 Å². The van der Waals surface area contributed by atoms with Crippen molar-refractivity contribution in [3.63, 3.8) is 0 Å². The number of anilines is 1. The van der Waals surface area contributed by atoms with E-state index in [2.05, 4.69) is 4.74 Å². The minimum absolute atomic E-state index is 0.417. The van der Waals surface area contributed by atoms with Crippen LogP contribution in [0.15, 0.2) is 24.3 Å². The van der Waals surface area contributed by atoms with Crippen LogP contribution in [0.4, 0.5) is 5.69 Å². The zero-order valence-corrected chi connectivity index (χ0v) is 8.69. The molecule has 0 heterocycles. The van der Waals surface area contributed by atoms with Gasteiger partial charge in [0.1, 0.15) is 5.75 Å². The molecule has 0 aliphatic carbocycles. The van der Waals surface area contributed by atoms with Crippen LogP contribution in [-0.4, -0.2) is 20.2 Å². The zero-order valence-electron chi connectivity index (χ0n) is 8.69. The van der Waals surface area contributed by atoms with Crippen LogP contribution in [-0.2, 0) is 9.53 Å². The summed E-state index contributed by atoms with van der Waals surface area (Å²) < 4.78 is 9.59. The quantitative estimate of drug-likeness (QED) is 0.463. The van der Waals surface area contributed by atoms with Gasteiger partial charge in [-0.25, -0.2) is 4.79 Å². The molecular formula is C11H13NO3. The summed E-state index contributed by atoms with van der Waals surface area (Å²) in [4.78, 5) is 10.9. The molecule has 2 N–H and O–H groups in total. The van der Waals surface area contributed by atoms with Crippen molar-refractivity contribution < 1.29 is 14.3 Å². The Hall–Kier alpha value is -1.97. The second-order valence-electron chi connectivity index (χ2n) is 2.86. The number of nitrogen functional groups attached to an aromatic ring is 1. The summed E-state index contributed by atoms with van der Waals surface area (Å²) in [6.45, 7) is 0. The molecule has 1 rings (SSSR count). The molecule has 0 radical (unpaired) electrons. The molecule has 4 heteroatoms. The molecule has 0 bridgehead atoms. The van der Waals surface area contributed by atoms with Crippen molar-refractivity contribution in [3.8, 4) is 5.75 Å². The molecule has 0 unspecified atom stereocenters. The predicted molar refractivity (Wildman–Crippen MR) is 58.5 cm³/mol. The van der Waals surface area contributed by atoms with Gasteiger partial charge in [-0.1, -0.05) is 0 Å². The Balaban J connectivity index is 2.96. The number of hydrogen-bond donors (Lipinski definition) is 1. The summed E-state index contributed by atoms with van der Waals surface area (Å²) in [5.41, 5.74) is 6.97. The fraction of sp³-hybridized carbons (Fsp3) is 0.182. The monoisotopic (exact) mass is 207 g/mol. The third-order valence-electron chi connectivity index (χ3n) is 1.85. The van der Waals surface area contributed by atoms with Crippen molar-refractivity contribution in [3.05, 3.63) is 29.8 Å². The van der Waals surface area contributed by atoms with Crippen molar-refractivity contribution in [1.29, 1.82) is 0 Å². The highest BCUT2D eigenvalue weighted by Gasteiger charge is 2.00. The first-order valence-electron chi connectivity index (χ1n) is 4.37. The molecule has 0 aliphatic rings. The SMILES string of the molecule is COC(=O)C=Cc1cc(N)ccc1OC. The second-order valence-corrected chi connectivity index (χ2v) is 2.86. The van der Waals surface area contributed by atoms with Gasteiger partial charge < -0.3 is 15.2 Å². The average molecular weight is 207 g/mol. The lowest BCUT2D eigenvalue weighted by Crippen LogP contribution is -1.94. The van der Waals surface area contributed by atoms with E-state index in [0.29, 0.717) is 11.4 Å². The van der Waals surface area contributed by atoms with Gasteiger partial charge in [0.15, 0.2) is 0 Å². The highest BCUT2D eigenvalue weighted by Crippen LogP contribution is 2.22. The fourth-order valence-electron chi connectivity index (χ4n) is 1.11. The van der Waals surface area contributed by atoms with Gasteiger partial charge in [0.25, 0.3) is 0 Å². The van der Waals surface area contributed by atoms with E-state index in [-0.39, 0.29) is 0 Å². The summed E-state index contributed by atoms with van der Waals surface area (Å²) in [5, 5.41) is 0. The topological polar surface area (TPSA) is 61.5 Å². The molecule has 0 fully saturated rings. The molecule has 0 saturated heterocycles.